The average molecular weight is 248 g/mol. The Morgan fingerprint density at radius 2 is 1.53 bits per heavy atom. The Morgan fingerprint density at radius 3 is 2.18 bits per heavy atom. The highest BCUT2D eigenvalue weighted by molar-refractivity contribution is 7.89. The van der Waals surface area contributed by atoms with E-state index in [9.17, 15) is 8.42 Å². The van der Waals surface area contributed by atoms with Gasteiger partial charge in [0.25, 0.3) is 0 Å². The molecule has 5 heteroatoms. The maximum Gasteiger partial charge on any atom is 0.238 e. The molecule has 0 amide bonds. The van der Waals surface area contributed by atoms with Gasteiger partial charge in [0.2, 0.25) is 10.0 Å². The van der Waals surface area contributed by atoms with E-state index in [4.69, 9.17) is 5.14 Å². The number of para-hydroxylation sites is 1. The van der Waals surface area contributed by atoms with Gasteiger partial charge < -0.3 is 5.32 Å². The number of benzene rings is 2. The third-order valence-electron chi connectivity index (χ3n) is 2.23. The molecule has 3 N–H and O–H groups in total. The number of hydrogen-bond donors (Lipinski definition) is 2. The Morgan fingerprint density at radius 1 is 0.882 bits per heavy atom. The van der Waals surface area contributed by atoms with Crippen LogP contribution in [0.15, 0.2) is 59.5 Å². The van der Waals surface area contributed by atoms with Gasteiger partial charge in [0.1, 0.15) is 0 Å². The summed E-state index contributed by atoms with van der Waals surface area (Å²) in [4.78, 5) is 0.0958. The van der Waals surface area contributed by atoms with Gasteiger partial charge in [-0.05, 0) is 30.3 Å². The fourth-order valence-electron chi connectivity index (χ4n) is 1.44. The molecule has 2 rings (SSSR count). The van der Waals surface area contributed by atoms with Gasteiger partial charge in [-0.2, -0.15) is 0 Å². The van der Waals surface area contributed by atoms with E-state index in [1.165, 1.54) is 12.1 Å². The summed E-state index contributed by atoms with van der Waals surface area (Å²) < 4.78 is 22.4. The summed E-state index contributed by atoms with van der Waals surface area (Å²) in [6.07, 6.45) is 0. The standard InChI is InChI=1S/C12H12N2O2S/c13-17(15,16)12-8-4-7-11(9-12)14-10-5-2-1-3-6-10/h1-9,14H,(H2,13,15,16). The zero-order chi connectivity index (χ0) is 12.3. The molecule has 2 aromatic rings. The quantitative estimate of drug-likeness (QED) is 0.873. The normalized spacial score (nSPS) is 11.1. The third-order valence-corrected chi connectivity index (χ3v) is 3.14. The van der Waals surface area contributed by atoms with Crippen molar-refractivity contribution in [1.82, 2.24) is 0 Å². The number of nitrogens with one attached hydrogen (secondary N) is 1. The highest BCUT2D eigenvalue weighted by Gasteiger charge is 2.07. The Bertz CT molecular complexity index is 609. The third kappa shape index (κ3) is 3.05. The summed E-state index contributed by atoms with van der Waals surface area (Å²) in [7, 11) is -3.66. The molecule has 0 aliphatic rings. The molecule has 0 saturated heterocycles. The van der Waals surface area contributed by atoms with E-state index in [0.717, 1.165) is 5.69 Å². The SMILES string of the molecule is NS(=O)(=O)c1cccc(Nc2ccccc2)c1. The van der Waals surface area contributed by atoms with Crippen LogP contribution in [0, 0.1) is 0 Å². The summed E-state index contributed by atoms with van der Waals surface area (Å²) >= 11 is 0. The van der Waals surface area contributed by atoms with Gasteiger partial charge in [0, 0.05) is 11.4 Å². The molecule has 0 aromatic heterocycles. The fourth-order valence-corrected chi connectivity index (χ4v) is 2.00. The van der Waals surface area contributed by atoms with E-state index in [1.54, 1.807) is 12.1 Å². The van der Waals surface area contributed by atoms with Gasteiger partial charge in [-0.3, -0.25) is 0 Å². The van der Waals surface area contributed by atoms with Crippen molar-refractivity contribution >= 4 is 21.4 Å². The van der Waals surface area contributed by atoms with Crippen molar-refractivity contribution in [3.05, 3.63) is 54.6 Å². The lowest BCUT2D eigenvalue weighted by Crippen LogP contribution is -2.12. The van der Waals surface area contributed by atoms with Crippen LogP contribution in [0.3, 0.4) is 0 Å². The summed E-state index contributed by atoms with van der Waals surface area (Å²) in [5.41, 5.74) is 1.57. The number of nitrogens with two attached hydrogens (primary N) is 1. The monoisotopic (exact) mass is 248 g/mol. The zero-order valence-electron chi connectivity index (χ0n) is 9.00. The predicted molar refractivity (Wildman–Crippen MR) is 67.5 cm³/mol. The van der Waals surface area contributed by atoms with E-state index in [0.29, 0.717) is 5.69 Å². The molecule has 4 nitrogen and oxygen atoms in total. The molecule has 0 unspecified atom stereocenters. The van der Waals surface area contributed by atoms with Gasteiger partial charge in [0.15, 0.2) is 0 Å². The first-order valence-electron chi connectivity index (χ1n) is 5.01. The van der Waals surface area contributed by atoms with Crippen LogP contribution in [0.4, 0.5) is 11.4 Å². The van der Waals surface area contributed by atoms with Gasteiger partial charge in [-0.25, -0.2) is 13.6 Å². The summed E-state index contributed by atoms with van der Waals surface area (Å²) in [5.74, 6) is 0. The lowest BCUT2D eigenvalue weighted by molar-refractivity contribution is 0.598. The molecule has 0 fully saturated rings. The Labute approximate surface area is 100 Å². The molecule has 0 saturated carbocycles. The first kappa shape index (κ1) is 11.6. The average Bonchev–Trinajstić information content (AvgIpc) is 2.29. The lowest BCUT2D eigenvalue weighted by atomic mass is 10.3. The summed E-state index contributed by atoms with van der Waals surface area (Å²) in [5, 5.41) is 8.16. The van der Waals surface area contributed by atoms with Crippen molar-refractivity contribution in [3.63, 3.8) is 0 Å². The van der Waals surface area contributed by atoms with Gasteiger partial charge in [-0.1, -0.05) is 24.3 Å². The van der Waals surface area contributed by atoms with Crippen LogP contribution in [0.2, 0.25) is 0 Å². The van der Waals surface area contributed by atoms with Crippen molar-refractivity contribution in [2.75, 3.05) is 5.32 Å². The molecule has 0 spiro atoms. The lowest BCUT2D eigenvalue weighted by Gasteiger charge is -2.07. The highest BCUT2D eigenvalue weighted by atomic mass is 32.2. The number of hydrogen-bond acceptors (Lipinski definition) is 3. The molecule has 0 aliphatic carbocycles. The summed E-state index contributed by atoms with van der Waals surface area (Å²) in [6, 6.07) is 15.9. The maximum atomic E-state index is 11.2. The predicted octanol–water partition coefficient (Wildman–Crippen LogP) is 2.08. The van der Waals surface area contributed by atoms with Crippen molar-refractivity contribution in [2.45, 2.75) is 4.90 Å². The van der Waals surface area contributed by atoms with Crippen LogP contribution in [-0.2, 0) is 10.0 Å². The van der Waals surface area contributed by atoms with E-state index in [1.807, 2.05) is 30.3 Å². The van der Waals surface area contributed by atoms with Crippen molar-refractivity contribution in [3.8, 4) is 0 Å². The first-order valence-corrected chi connectivity index (χ1v) is 6.55. The second kappa shape index (κ2) is 4.57. The van der Waals surface area contributed by atoms with Crippen LogP contribution in [0.1, 0.15) is 0 Å². The van der Waals surface area contributed by atoms with Gasteiger partial charge >= 0.3 is 0 Å². The molecule has 0 bridgehead atoms. The Kier molecular flexibility index (Phi) is 3.12. The maximum absolute atomic E-state index is 11.2. The van der Waals surface area contributed by atoms with Crippen molar-refractivity contribution in [1.29, 1.82) is 0 Å². The van der Waals surface area contributed by atoms with Crippen LogP contribution in [0.5, 0.6) is 0 Å². The molecular weight excluding hydrogens is 236 g/mol. The zero-order valence-corrected chi connectivity index (χ0v) is 9.81. The van der Waals surface area contributed by atoms with Crippen LogP contribution in [-0.4, -0.2) is 8.42 Å². The molecule has 0 heterocycles. The highest BCUT2D eigenvalue weighted by Crippen LogP contribution is 2.18. The topological polar surface area (TPSA) is 72.2 Å². The van der Waals surface area contributed by atoms with E-state index in [-0.39, 0.29) is 4.90 Å². The molecule has 88 valence electrons. The van der Waals surface area contributed by atoms with Crippen LogP contribution < -0.4 is 10.5 Å². The fraction of sp³-hybridized carbons (Fsp3) is 0. The molecule has 0 radical (unpaired) electrons. The molecular formula is C12H12N2O2S. The second-order valence-corrected chi connectivity index (χ2v) is 5.13. The Hall–Kier alpha value is -1.85. The smallest absolute Gasteiger partial charge is 0.238 e. The van der Waals surface area contributed by atoms with Gasteiger partial charge in [0.05, 0.1) is 4.90 Å². The van der Waals surface area contributed by atoms with E-state index in [2.05, 4.69) is 5.32 Å². The van der Waals surface area contributed by atoms with Crippen LogP contribution in [0.25, 0.3) is 0 Å². The van der Waals surface area contributed by atoms with Crippen molar-refractivity contribution in [2.24, 2.45) is 5.14 Å². The first-order chi connectivity index (χ1) is 8.05. The number of anilines is 2. The minimum Gasteiger partial charge on any atom is -0.355 e. The molecule has 17 heavy (non-hydrogen) atoms. The van der Waals surface area contributed by atoms with Gasteiger partial charge in [-0.15, -0.1) is 0 Å². The molecule has 0 aliphatic heterocycles. The Balaban J connectivity index is 2.29. The summed E-state index contributed by atoms with van der Waals surface area (Å²) in [6.45, 7) is 0. The van der Waals surface area contributed by atoms with E-state index >= 15 is 0 Å². The van der Waals surface area contributed by atoms with E-state index < -0.39 is 10.0 Å². The number of sulfonamides is 1. The molecule has 2 aromatic carbocycles. The minimum absolute atomic E-state index is 0.0958. The number of rotatable bonds is 3. The molecule has 0 atom stereocenters. The van der Waals surface area contributed by atoms with Crippen molar-refractivity contribution < 1.29 is 8.42 Å². The van der Waals surface area contributed by atoms with Crippen LogP contribution >= 0.6 is 0 Å². The number of primary sulfonamides is 1. The second-order valence-electron chi connectivity index (χ2n) is 3.56. The minimum atomic E-state index is -3.66. The largest absolute Gasteiger partial charge is 0.355 e.